The third-order valence-corrected chi connectivity index (χ3v) is 3.03. The summed E-state index contributed by atoms with van der Waals surface area (Å²) in [6.45, 7) is 10.4. The molecule has 0 spiro atoms. The average Bonchev–Trinajstić information content (AvgIpc) is 2.24. The molecule has 0 aromatic heterocycles. The fourth-order valence-corrected chi connectivity index (χ4v) is 1.79. The normalized spacial score (nSPS) is 13.7. The van der Waals surface area contributed by atoms with Crippen LogP contribution >= 0.6 is 11.8 Å². The van der Waals surface area contributed by atoms with E-state index in [1.165, 1.54) is 4.91 Å². The van der Waals surface area contributed by atoms with Crippen molar-refractivity contribution < 1.29 is 0 Å². The second-order valence-corrected chi connectivity index (χ2v) is 4.78. The summed E-state index contributed by atoms with van der Waals surface area (Å²) in [6, 6.07) is 0. The van der Waals surface area contributed by atoms with Crippen LogP contribution < -0.4 is 0 Å². The first kappa shape index (κ1) is 15.0. The first-order chi connectivity index (χ1) is 7.61. The number of hydrogen-bond donors (Lipinski definition) is 0. The van der Waals surface area contributed by atoms with E-state index in [1.54, 1.807) is 25.0 Å². The predicted molar refractivity (Wildman–Crippen MR) is 78.0 cm³/mol. The molecule has 0 aromatic carbocycles. The van der Waals surface area contributed by atoms with Gasteiger partial charge in [-0.2, -0.15) is 0 Å². The highest BCUT2D eigenvalue weighted by Crippen LogP contribution is 2.30. The summed E-state index contributed by atoms with van der Waals surface area (Å²) < 4.78 is 0. The van der Waals surface area contributed by atoms with Gasteiger partial charge in [0, 0.05) is 18.2 Å². The summed E-state index contributed by atoms with van der Waals surface area (Å²) in [4.78, 5) is 6.24. The first-order valence-corrected chi connectivity index (χ1v) is 6.22. The second kappa shape index (κ2) is 9.22. The van der Waals surface area contributed by atoms with Crippen LogP contribution in [0.1, 0.15) is 20.8 Å². The minimum absolute atomic E-state index is 0.520. The van der Waals surface area contributed by atoms with Crippen molar-refractivity contribution in [3.8, 4) is 0 Å². The van der Waals surface area contributed by atoms with Crippen LogP contribution in [0.3, 0.4) is 0 Å². The maximum atomic E-state index is 4.01. The van der Waals surface area contributed by atoms with Crippen molar-refractivity contribution in [1.82, 2.24) is 0 Å². The standard InChI is InChI=1S/C14H21NS/c1-6-7-10-14(12(2)3)16-13(4)9-8-11-15-5/h6-12H,4H2,1-3,5H3/b7-6-,9-8-,14-10+,15-11?. The molecule has 0 radical (unpaired) electrons. The van der Waals surface area contributed by atoms with E-state index in [0.29, 0.717) is 5.92 Å². The summed E-state index contributed by atoms with van der Waals surface area (Å²) >= 11 is 1.71. The van der Waals surface area contributed by atoms with Crippen molar-refractivity contribution in [2.24, 2.45) is 10.9 Å². The van der Waals surface area contributed by atoms with Crippen LogP contribution in [0.15, 0.2) is 51.8 Å². The number of aliphatic imine (C=N–C) groups is 1. The average molecular weight is 235 g/mol. The van der Waals surface area contributed by atoms with Gasteiger partial charge in [0.1, 0.15) is 0 Å². The molecule has 0 saturated heterocycles. The molecule has 0 aliphatic heterocycles. The Morgan fingerprint density at radius 1 is 1.31 bits per heavy atom. The van der Waals surface area contributed by atoms with Crippen LogP contribution in [0.25, 0.3) is 0 Å². The molecule has 0 atom stereocenters. The van der Waals surface area contributed by atoms with E-state index in [2.05, 4.69) is 37.6 Å². The minimum atomic E-state index is 0.520. The quantitative estimate of drug-likeness (QED) is 0.484. The Morgan fingerprint density at radius 2 is 2.00 bits per heavy atom. The molecule has 0 unspecified atom stereocenters. The molecule has 0 amide bonds. The molecule has 0 rings (SSSR count). The van der Waals surface area contributed by atoms with E-state index < -0.39 is 0 Å². The number of hydrogen-bond acceptors (Lipinski definition) is 2. The fraction of sp³-hybridized carbons (Fsp3) is 0.357. The van der Waals surface area contributed by atoms with Crippen molar-refractivity contribution in [2.45, 2.75) is 20.8 Å². The smallest absolute Gasteiger partial charge is 0.0277 e. The van der Waals surface area contributed by atoms with Crippen LogP contribution in [-0.4, -0.2) is 13.3 Å². The number of nitrogens with zero attached hydrogens (tertiary/aromatic N) is 1. The lowest BCUT2D eigenvalue weighted by atomic mass is 10.2. The number of thioether (sulfide) groups is 1. The van der Waals surface area contributed by atoms with Gasteiger partial charge in [0.2, 0.25) is 0 Å². The van der Waals surface area contributed by atoms with Crippen molar-refractivity contribution in [3.63, 3.8) is 0 Å². The monoisotopic (exact) mass is 235 g/mol. The molecule has 0 saturated carbocycles. The molecule has 16 heavy (non-hydrogen) atoms. The lowest BCUT2D eigenvalue weighted by molar-refractivity contribution is 0.817. The SMILES string of the molecule is C=C(/C=C\C=NC)S/C(=C/C=C\C)C(C)C. The lowest BCUT2D eigenvalue weighted by Gasteiger charge is -2.09. The van der Waals surface area contributed by atoms with Crippen molar-refractivity contribution in [1.29, 1.82) is 0 Å². The van der Waals surface area contributed by atoms with Gasteiger partial charge in [0.05, 0.1) is 0 Å². The Labute approximate surface area is 104 Å². The van der Waals surface area contributed by atoms with Gasteiger partial charge in [-0.15, -0.1) is 0 Å². The van der Waals surface area contributed by atoms with Crippen LogP contribution in [0.2, 0.25) is 0 Å². The van der Waals surface area contributed by atoms with E-state index in [9.17, 15) is 0 Å². The van der Waals surface area contributed by atoms with E-state index in [1.807, 2.05) is 25.2 Å². The predicted octanol–water partition coefficient (Wildman–Crippen LogP) is 4.61. The summed E-state index contributed by atoms with van der Waals surface area (Å²) in [5.41, 5.74) is 0. The third kappa shape index (κ3) is 7.30. The summed E-state index contributed by atoms with van der Waals surface area (Å²) in [5.74, 6) is 0.520. The molecular formula is C14H21NS. The van der Waals surface area contributed by atoms with Crippen LogP contribution in [0.5, 0.6) is 0 Å². The highest BCUT2D eigenvalue weighted by Gasteiger charge is 2.03. The number of rotatable bonds is 6. The van der Waals surface area contributed by atoms with E-state index in [-0.39, 0.29) is 0 Å². The fourth-order valence-electron chi connectivity index (χ4n) is 0.957. The molecule has 88 valence electrons. The zero-order chi connectivity index (χ0) is 12.4. The topological polar surface area (TPSA) is 12.4 Å². The highest BCUT2D eigenvalue weighted by atomic mass is 32.2. The van der Waals surface area contributed by atoms with Crippen LogP contribution in [0, 0.1) is 5.92 Å². The molecule has 0 aromatic rings. The molecule has 0 heterocycles. The molecule has 0 aliphatic carbocycles. The zero-order valence-electron chi connectivity index (χ0n) is 10.6. The van der Waals surface area contributed by atoms with Crippen LogP contribution in [0.4, 0.5) is 0 Å². The lowest BCUT2D eigenvalue weighted by Crippen LogP contribution is -1.89. The first-order valence-electron chi connectivity index (χ1n) is 5.40. The highest BCUT2D eigenvalue weighted by molar-refractivity contribution is 8.06. The van der Waals surface area contributed by atoms with Crippen LogP contribution in [-0.2, 0) is 0 Å². The Hall–Kier alpha value is -1.02. The maximum absolute atomic E-state index is 4.01. The van der Waals surface area contributed by atoms with Gasteiger partial charge >= 0.3 is 0 Å². The molecular weight excluding hydrogens is 214 g/mol. The van der Waals surface area contributed by atoms with Gasteiger partial charge in [-0.3, -0.25) is 4.99 Å². The third-order valence-electron chi connectivity index (χ3n) is 1.79. The largest absolute Gasteiger partial charge is 0.297 e. The van der Waals surface area contributed by atoms with E-state index >= 15 is 0 Å². The Bertz CT molecular complexity index is 320. The van der Waals surface area contributed by atoms with Crippen molar-refractivity contribution in [3.05, 3.63) is 46.8 Å². The van der Waals surface area contributed by atoms with Gasteiger partial charge < -0.3 is 0 Å². The Morgan fingerprint density at radius 3 is 2.50 bits per heavy atom. The van der Waals surface area contributed by atoms with Gasteiger partial charge in [0.25, 0.3) is 0 Å². The maximum Gasteiger partial charge on any atom is 0.0277 e. The molecule has 0 N–H and O–H groups in total. The number of allylic oxidation sites excluding steroid dienone is 6. The van der Waals surface area contributed by atoms with E-state index in [4.69, 9.17) is 0 Å². The molecule has 0 fully saturated rings. The molecule has 0 bridgehead atoms. The Balaban J connectivity index is 4.47. The molecule has 2 heteroatoms. The van der Waals surface area contributed by atoms with Gasteiger partial charge in [-0.05, 0) is 29.9 Å². The summed E-state index contributed by atoms with van der Waals surface area (Å²) in [5, 5.41) is 0. The van der Waals surface area contributed by atoms with Gasteiger partial charge in [-0.25, -0.2) is 0 Å². The molecule has 0 aliphatic rings. The zero-order valence-corrected chi connectivity index (χ0v) is 11.4. The van der Waals surface area contributed by atoms with Gasteiger partial charge in [0.15, 0.2) is 0 Å². The second-order valence-electron chi connectivity index (χ2n) is 3.58. The summed E-state index contributed by atoms with van der Waals surface area (Å²) in [6.07, 6.45) is 11.9. The minimum Gasteiger partial charge on any atom is -0.297 e. The van der Waals surface area contributed by atoms with E-state index in [0.717, 1.165) is 4.91 Å². The Kier molecular flexibility index (Phi) is 8.64. The van der Waals surface area contributed by atoms with Crippen molar-refractivity contribution in [2.75, 3.05) is 7.05 Å². The van der Waals surface area contributed by atoms with Crippen molar-refractivity contribution >= 4 is 18.0 Å². The van der Waals surface area contributed by atoms with Gasteiger partial charge in [-0.1, -0.05) is 50.4 Å². The molecule has 1 nitrogen and oxygen atoms in total. The summed E-state index contributed by atoms with van der Waals surface area (Å²) in [7, 11) is 1.76.